The Hall–Kier alpha value is -1.59. The van der Waals surface area contributed by atoms with Crippen molar-refractivity contribution in [2.45, 2.75) is 122 Å². The van der Waals surface area contributed by atoms with E-state index in [9.17, 15) is 9.59 Å². The summed E-state index contributed by atoms with van der Waals surface area (Å²) in [6.45, 7) is 0.855. The van der Waals surface area contributed by atoms with Gasteiger partial charge in [-0.25, -0.2) is 0 Å². The molecule has 29 heavy (non-hydrogen) atoms. The predicted molar refractivity (Wildman–Crippen MR) is 120 cm³/mol. The molecule has 0 unspecified atom stereocenters. The minimum atomic E-state index is -0.205. The van der Waals surface area contributed by atoms with Gasteiger partial charge in [-0.3, -0.25) is 15.0 Å². The summed E-state index contributed by atoms with van der Waals surface area (Å²) in [7, 11) is 0. The van der Waals surface area contributed by atoms with E-state index in [1.54, 1.807) is 0 Å². The maximum atomic E-state index is 12.0. The van der Waals surface area contributed by atoms with Gasteiger partial charge in [0.2, 0.25) is 5.91 Å². The topological polar surface area (TPSA) is 113 Å². The number of nitrogens with one attached hydrogen (secondary N) is 1. The Labute approximate surface area is 177 Å². The number of hydrogen-bond donors (Lipinski definition) is 3. The third-order valence-corrected chi connectivity index (χ3v) is 6.06. The summed E-state index contributed by atoms with van der Waals surface area (Å²) < 4.78 is 0. The summed E-state index contributed by atoms with van der Waals surface area (Å²) in [4.78, 5) is 24.7. The number of carbonyl (C=O) groups excluding carboxylic acids is 2. The number of unbranched alkanes of at least 4 members (excludes halogenated alkanes) is 8. The van der Waals surface area contributed by atoms with Crippen LogP contribution in [-0.4, -0.2) is 35.1 Å². The zero-order valence-corrected chi connectivity index (χ0v) is 18.4. The Kier molecular flexibility index (Phi) is 14.2. The van der Waals surface area contributed by atoms with Crippen LogP contribution in [0.25, 0.3) is 0 Å². The van der Waals surface area contributed by atoms with E-state index < -0.39 is 0 Å². The van der Waals surface area contributed by atoms with Crippen LogP contribution in [0.5, 0.6) is 0 Å². The van der Waals surface area contributed by atoms with E-state index >= 15 is 0 Å². The van der Waals surface area contributed by atoms with Gasteiger partial charge in [0.25, 0.3) is 0 Å². The number of carbonyl (C=O) groups is 2. The van der Waals surface area contributed by atoms with Crippen molar-refractivity contribution < 1.29 is 9.59 Å². The Morgan fingerprint density at radius 3 is 1.72 bits per heavy atom. The van der Waals surface area contributed by atoms with Gasteiger partial charge in [-0.1, -0.05) is 57.8 Å². The highest BCUT2D eigenvalue weighted by molar-refractivity contribution is 5.78. The molecule has 1 fully saturated rings. The molecule has 6 nitrogen and oxygen atoms in total. The minimum absolute atomic E-state index is 0.205. The summed E-state index contributed by atoms with van der Waals surface area (Å²) in [5.41, 5.74) is 10.9. The Morgan fingerprint density at radius 1 is 0.724 bits per heavy atom. The first-order valence-electron chi connectivity index (χ1n) is 11.9. The van der Waals surface area contributed by atoms with Gasteiger partial charge in [0.15, 0.2) is 5.96 Å². The molecule has 0 saturated heterocycles. The van der Waals surface area contributed by atoms with E-state index in [2.05, 4.69) is 4.90 Å². The molecule has 0 radical (unpaired) electrons. The molecule has 0 bridgehead atoms. The zero-order valence-electron chi connectivity index (χ0n) is 18.4. The van der Waals surface area contributed by atoms with Crippen LogP contribution in [0.1, 0.15) is 116 Å². The van der Waals surface area contributed by atoms with Gasteiger partial charge in [-0.15, -0.1) is 0 Å². The smallest absolute Gasteiger partial charge is 0.217 e. The first kappa shape index (κ1) is 25.4. The van der Waals surface area contributed by atoms with Crippen molar-refractivity contribution in [3.63, 3.8) is 0 Å². The monoisotopic (exact) mass is 408 g/mol. The van der Waals surface area contributed by atoms with Crippen molar-refractivity contribution in [2.24, 2.45) is 11.5 Å². The molecule has 1 saturated carbocycles. The molecule has 0 atom stereocenters. The predicted octanol–water partition coefficient (Wildman–Crippen LogP) is 4.64. The van der Waals surface area contributed by atoms with Crippen LogP contribution in [0.15, 0.2) is 0 Å². The number of rotatable bonds is 17. The maximum Gasteiger partial charge on any atom is 0.217 e. The molecule has 168 valence electrons. The molecule has 1 amide bonds. The maximum absolute atomic E-state index is 12.0. The molecule has 0 heterocycles. The molecule has 0 spiro atoms. The quantitative estimate of drug-likeness (QED) is 0.185. The van der Waals surface area contributed by atoms with Gasteiger partial charge in [0, 0.05) is 31.8 Å². The van der Waals surface area contributed by atoms with E-state index in [4.69, 9.17) is 16.9 Å². The number of Topliss-reactive ketones (excluding diaryl/α,β-unsaturated/α-hetero) is 1. The summed E-state index contributed by atoms with van der Waals surface area (Å²) >= 11 is 0. The lowest BCUT2D eigenvalue weighted by atomic mass is 9.94. The van der Waals surface area contributed by atoms with Crippen molar-refractivity contribution in [3.05, 3.63) is 0 Å². The summed E-state index contributed by atoms with van der Waals surface area (Å²) in [6.07, 6.45) is 18.6. The highest BCUT2D eigenvalue weighted by Crippen LogP contribution is 2.22. The number of nitrogens with two attached hydrogens (primary N) is 2. The molecule has 6 heteroatoms. The summed E-state index contributed by atoms with van der Waals surface area (Å²) in [6, 6.07) is 0.450. The van der Waals surface area contributed by atoms with Crippen molar-refractivity contribution in [1.82, 2.24) is 4.90 Å². The van der Waals surface area contributed by atoms with Gasteiger partial charge in [0.1, 0.15) is 5.78 Å². The number of amides is 1. The molecule has 1 rings (SSSR count). The second-order valence-corrected chi connectivity index (χ2v) is 8.66. The first-order chi connectivity index (χ1) is 14.0. The average molecular weight is 409 g/mol. The molecule has 0 aromatic rings. The van der Waals surface area contributed by atoms with Crippen LogP contribution < -0.4 is 11.5 Å². The highest BCUT2D eigenvalue weighted by Gasteiger charge is 2.21. The van der Waals surface area contributed by atoms with E-state index in [1.807, 2.05) is 0 Å². The van der Waals surface area contributed by atoms with Crippen LogP contribution >= 0.6 is 0 Å². The van der Waals surface area contributed by atoms with Crippen LogP contribution in [0.4, 0.5) is 0 Å². The summed E-state index contributed by atoms with van der Waals surface area (Å²) in [5, 5.41) is 7.84. The Balaban J connectivity index is 1.95. The molecule has 0 aliphatic heterocycles. The largest absolute Gasteiger partial charge is 0.370 e. The lowest BCUT2D eigenvalue weighted by molar-refractivity contribution is -0.119. The molecular formula is C23H44N4O2. The second kappa shape index (κ2) is 16.2. The van der Waals surface area contributed by atoms with E-state index in [0.29, 0.717) is 31.1 Å². The van der Waals surface area contributed by atoms with Gasteiger partial charge in [-0.05, 0) is 38.5 Å². The lowest BCUT2D eigenvalue weighted by Crippen LogP contribution is -2.45. The van der Waals surface area contributed by atoms with E-state index in [0.717, 1.165) is 70.8 Å². The van der Waals surface area contributed by atoms with E-state index in [-0.39, 0.29) is 11.9 Å². The van der Waals surface area contributed by atoms with Crippen molar-refractivity contribution >= 4 is 17.6 Å². The van der Waals surface area contributed by atoms with Crippen molar-refractivity contribution in [3.8, 4) is 0 Å². The fraction of sp³-hybridized carbons (Fsp3) is 0.870. The van der Waals surface area contributed by atoms with Gasteiger partial charge in [0.05, 0.1) is 0 Å². The summed E-state index contributed by atoms with van der Waals surface area (Å²) in [5.74, 6) is 0.395. The number of nitrogens with zero attached hydrogens (tertiary/aromatic N) is 1. The Bertz CT molecular complexity index is 475. The standard InChI is InChI=1S/C23H44N4O2/c24-22(29)18-12-5-3-1-2-4-10-16-21(28)17-11-7-13-19-27(23(25)26)20-14-8-6-9-15-20/h20H,1-19H2,(H2,24,29)(H3,25,26). The molecule has 1 aliphatic rings. The highest BCUT2D eigenvalue weighted by atomic mass is 16.1. The van der Waals surface area contributed by atoms with Gasteiger partial charge in [-0.2, -0.15) is 0 Å². The third-order valence-electron chi connectivity index (χ3n) is 6.06. The number of ketones is 1. The SMILES string of the molecule is N=C(N)N(CCCCCC(=O)CCCCCCCCCC(N)=O)C1CCCCC1. The fourth-order valence-electron chi connectivity index (χ4n) is 4.30. The minimum Gasteiger partial charge on any atom is -0.370 e. The lowest BCUT2D eigenvalue weighted by Gasteiger charge is -2.34. The normalized spacial score (nSPS) is 14.6. The Morgan fingerprint density at radius 2 is 1.21 bits per heavy atom. The molecular weight excluding hydrogens is 364 g/mol. The van der Waals surface area contributed by atoms with Crippen LogP contribution in [-0.2, 0) is 9.59 Å². The van der Waals surface area contributed by atoms with Crippen LogP contribution in [0.3, 0.4) is 0 Å². The van der Waals surface area contributed by atoms with Crippen LogP contribution in [0, 0.1) is 5.41 Å². The first-order valence-corrected chi connectivity index (χ1v) is 11.9. The number of guanidine groups is 1. The molecule has 0 aromatic carbocycles. The number of hydrogen-bond acceptors (Lipinski definition) is 3. The number of primary amides is 1. The molecule has 0 aromatic heterocycles. The van der Waals surface area contributed by atoms with Crippen molar-refractivity contribution in [2.75, 3.05) is 6.54 Å². The fourth-order valence-corrected chi connectivity index (χ4v) is 4.30. The zero-order chi connectivity index (χ0) is 21.3. The second-order valence-electron chi connectivity index (χ2n) is 8.66. The average Bonchev–Trinajstić information content (AvgIpc) is 2.69. The third kappa shape index (κ3) is 13.3. The molecule has 1 aliphatic carbocycles. The van der Waals surface area contributed by atoms with E-state index in [1.165, 1.54) is 32.1 Å². The van der Waals surface area contributed by atoms with Crippen LogP contribution in [0.2, 0.25) is 0 Å². The van der Waals surface area contributed by atoms with Crippen molar-refractivity contribution in [1.29, 1.82) is 5.41 Å². The van der Waals surface area contributed by atoms with Gasteiger partial charge >= 0.3 is 0 Å². The molecule has 5 N–H and O–H groups in total. The van der Waals surface area contributed by atoms with Gasteiger partial charge < -0.3 is 16.4 Å².